The lowest BCUT2D eigenvalue weighted by Gasteiger charge is -2.35. The van der Waals surface area contributed by atoms with Crippen LogP contribution < -0.4 is 0 Å². The lowest BCUT2D eigenvalue weighted by atomic mass is 9.86. The number of methoxy groups -OCH3 is 1. The van der Waals surface area contributed by atoms with E-state index in [1.807, 2.05) is 34.6 Å². The van der Waals surface area contributed by atoms with Gasteiger partial charge in [0.2, 0.25) is 0 Å². The lowest BCUT2D eigenvalue weighted by Crippen LogP contribution is -2.48. The molecular weight excluding hydrogens is 166 g/mol. The van der Waals surface area contributed by atoms with Crippen LogP contribution in [-0.4, -0.2) is 30.3 Å². The van der Waals surface area contributed by atoms with Gasteiger partial charge in [-0.3, -0.25) is 0 Å². The highest BCUT2D eigenvalue weighted by atomic mass is 16.5. The average Bonchev–Trinajstić information content (AvgIpc) is 2.25. The zero-order chi connectivity index (χ0) is 10.3. The SMILES string of the molecule is COC(C)(C)[C@@H]1N=C(C)OC1(C)C. The molecule has 76 valence electrons. The minimum Gasteiger partial charge on any atom is -0.473 e. The minimum absolute atomic E-state index is 0.0602. The van der Waals surface area contributed by atoms with Crippen LogP contribution in [0.15, 0.2) is 4.99 Å². The van der Waals surface area contributed by atoms with E-state index in [0.717, 1.165) is 5.90 Å². The Morgan fingerprint density at radius 2 is 2.00 bits per heavy atom. The highest BCUT2D eigenvalue weighted by Crippen LogP contribution is 2.34. The monoisotopic (exact) mass is 185 g/mol. The van der Waals surface area contributed by atoms with Crippen molar-refractivity contribution < 1.29 is 9.47 Å². The first-order valence-electron chi connectivity index (χ1n) is 4.58. The molecule has 0 amide bonds. The number of rotatable bonds is 2. The molecule has 0 fully saturated rings. The van der Waals surface area contributed by atoms with E-state index in [0.29, 0.717) is 0 Å². The number of hydrogen-bond acceptors (Lipinski definition) is 3. The molecule has 0 radical (unpaired) electrons. The maximum Gasteiger partial charge on any atom is 0.181 e. The Kier molecular flexibility index (Phi) is 2.41. The zero-order valence-electron chi connectivity index (χ0n) is 9.34. The summed E-state index contributed by atoms with van der Waals surface area (Å²) in [6.07, 6.45) is 0. The Balaban J connectivity index is 2.91. The predicted molar refractivity (Wildman–Crippen MR) is 53.1 cm³/mol. The van der Waals surface area contributed by atoms with Crippen molar-refractivity contribution in [1.29, 1.82) is 0 Å². The van der Waals surface area contributed by atoms with Crippen molar-refractivity contribution in [2.24, 2.45) is 4.99 Å². The van der Waals surface area contributed by atoms with Crippen molar-refractivity contribution in [2.45, 2.75) is 51.9 Å². The third-order valence-electron chi connectivity index (χ3n) is 2.56. The maximum atomic E-state index is 5.62. The van der Waals surface area contributed by atoms with Gasteiger partial charge in [-0.15, -0.1) is 0 Å². The van der Waals surface area contributed by atoms with Crippen LogP contribution >= 0.6 is 0 Å². The summed E-state index contributed by atoms with van der Waals surface area (Å²) >= 11 is 0. The molecule has 0 bridgehead atoms. The summed E-state index contributed by atoms with van der Waals surface area (Å²) in [5.74, 6) is 0.750. The summed E-state index contributed by atoms with van der Waals surface area (Å²) < 4.78 is 11.0. The second kappa shape index (κ2) is 2.98. The first-order valence-corrected chi connectivity index (χ1v) is 4.58. The van der Waals surface area contributed by atoms with Crippen LogP contribution in [0.1, 0.15) is 34.6 Å². The van der Waals surface area contributed by atoms with E-state index in [2.05, 4.69) is 4.99 Å². The smallest absolute Gasteiger partial charge is 0.181 e. The molecule has 3 nitrogen and oxygen atoms in total. The van der Waals surface area contributed by atoms with Gasteiger partial charge in [-0.2, -0.15) is 0 Å². The summed E-state index contributed by atoms with van der Waals surface area (Å²) in [6.45, 7) is 10.0. The van der Waals surface area contributed by atoms with Gasteiger partial charge in [-0.05, 0) is 27.7 Å². The molecule has 0 aromatic heterocycles. The van der Waals surface area contributed by atoms with Gasteiger partial charge in [-0.1, -0.05) is 0 Å². The van der Waals surface area contributed by atoms with E-state index in [1.165, 1.54) is 0 Å². The predicted octanol–water partition coefficient (Wildman–Crippen LogP) is 2.01. The van der Waals surface area contributed by atoms with Crippen LogP contribution in [-0.2, 0) is 9.47 Å². The summed E-state index contributed by atoms with van der Waals surface area (Å²) in [5.41, 5.74) is -0.537. The molecule has 0 aromatic carbocycles. The number of ether oxygens (including phenoxy) is 2. The Bertz CT molecular complexity index is 231. The largest absolute Gasteiger partial charge is 0.473 e. The minimum atomic E-state index is -0.277. The van der Waals surface area contributed by atoms with Crippen molar-refractivity contribution in [3.63, 3.8) is 0 Å². The second-order valence-electron chi connectivity index (χ2n) is 4.56. The summed E-state index contributed by atoms with van der Waals surface area (Å²) in [7, 11) is 1.71. The number of aliphatic imine (C=N–C) groups is 1. The molecule has 3 heteroatoms. The van der Waals surface area contributed by atoms with E-state index in [4.69, 9.17) is 9.47 Å². The second-order valence-corrected chi connectivity index (χ2v) is 4.56. The topological polar surface area (TPSA) is 30.8 Å². The van der Waals surface area contributed by atoms with E-state index in [-0.39, 0.29) is 17.2 Å². The van der Waals surface area contributed by atoms with Crippen LogP contribution in [0.3, 0.4) is 0 Å². The molecule has 0 saturated heterocycles. The Morgan fingerprint density at radius 3 is 2.31 bits per heavy atom. The molecule has 1 aliphatic heterocycles. The van der Waals surface area contributed by atoms with E-state index in [9.17, 15) is 0 Å². The quantitative estimate of drug-likeness (QED) is 0.659. The van der Waals surface area contributed by atoms with E-state index >= 15 is 0 Å². The van der Waals surface area contributed by atoms with Gasteiger partial charge in [0.1, 0.15) is 11.6 Å². The number of hydrogen-bond donors (Lipinski definition) is 0. The fourth-order valence-electron chi connectivity index (χ4n) is 1.90. The zero-order valence-corrected chi connectivity index (χ0v) is 9.34. The third-order valence-corrected chi connectivity index (χ3v) is 2.56. The van der Waals surface area contributed by atoms with Crippen LogP contribution in [0.2, 0.25) is 0 Å². The van der Waals surface area contributed by atoms with E-state index < -0.39 is 0 Å². The van der Waals surface area contributed by atoms with Crippen molar-refractivity contribution in [3.8, 4) is 0 Å². The molecule has 0 spiro atoms. The Hall–Kier alpha value is -0.570. The van der Waals surface area contributed by atoms with Gasteiger partial charge in [0, 0.05) is 14.0 Å². The fraction of sp³-hybridized carbons (Fsp3) is 0.900. The molecule has 0 unspecified atom stereocenters. The van der Waals surface area contributed by atoms with Gasteiger partial charge in [-0.25, -0.2) is 4.99 Å². The van der Waals surface area contributed by atoms with Crippen molar-refractivity contribution >= 4 is 5.90 Å². The molecule has 0 N–H and O–H groups in total. The van der Waals surface area contributed by atoms with E-state index in [1.54, 1.807) is 7.11 Å². The van der Waals surface area contributed by atoms with Gasteiger partial charge in [0.25, 0.3) is 0 Å². The van der Waals surface area contributed by atoms with Gasteiger partial charge >= 0.3 is 0 Å². The van der Waals surface area contributed by atoms with Crippen molar-refractivity contribution in [2.75, 3.05) is 7.11 Å². The molecule has 1 atom stereocenters. The number of nitrogens with zero attached hydrogens (tertiary/aromatic N) is 1. The first kappa shape index (κ1) is 10.5. The maximum absolute atomic E-state index is 5.62. The van der Waals surface area contributed by atoms with Crippen molar-refractivity contribution in [3.05, 3.63) is 0 Å². The molecule has 0 aromatic rings. The normalized spacial score (nSPS) is 26.9. The molecule has 0 aliphatic carbocycles. The molecular formula is C10H19NO2. The molecule has 0 saturated carbocycles. The Labute approximate surface area is 80.1 Å². The van der Waals surface area contributed by atoms with Crippen LogP contribution in [0.4, 0.5) is 0 Å². The molecule has 1 heterocycles. The Morgan fingerprint density at radius 1 is 1.46 bits per heavy atom. The van der Waals surface area contributed by atoms with Crippen LogP contribution in [0, 0.1) is 0 Å². The molecule has 1 aliphatic rings. The fourth-order valence-corrected chi connectivity index (χ4v) is 1.90. The first-order chi connectivity index (χ1) is 5.79. The lowest BCUT2D eigenvalue weighted by molar-refractivity contribution is -0.0494. The summed E-state index contributed by atoms with van der Waals surface area (Å²) in [4.78, 5) is 4.45. The van der Waals surface area contributed by atoms with Gasteiger partial charge < -0.3 is 9.47 Å². The summed E-state index contributed by atoms with van der Waals surface area (Å²) in [6, 6.07) is 0.0602. The van der Waals surface area contributed by atoms with Crippen LogP contribution in [0.25, 0.3) is 0 Å². The highest BCUT2D eigenvalue weighted by Gasteiger charge is 2.46. The standard InChI is InChI=1S/C10H19NO2/c1-7-11-8(9(2,3)12-6)10(4,5)13-7/h8H,1-6H3/t8-/m0/s1. The summed E-state index contributed by atoms with van der Waals surface area (Å²) in [5, 5.41) is 0. The molecule has 13 heavy (non-hydrogen) atoms. The van der Waals surface area contributed by atoms with Crippen LogP contribution in [0.5, 0.6) is 0 Å². The van der Waals surface area contributed by atoms with Gasteiger partial charge in [0.15, 0.2) is 5.90 Å². The average molecular weight is 185 g/mol. The van der Waals surface area contributed by atoms with Gasteiger partial charge in [0.05, 0.1) is 5.60 Å². The van der Waals surface area contributed by atoms with Crippen molar-refractivity contribution in [1.82, 2.24) is 0 Å². The highest BCUT2D eigenvalue weighted by molar-refractivity contribution is 5.76. The third kappa shape index (κ3) is 1.85. The molecule has 1 rings (SSSR count).